The molecule has 0 aromatic heterocycles. The van der Waals surface area contributed by atoms with Crippen LogP contribution < -0.4 is 10.2 Å². The van der Waals surface area contributed by atoms with E-state index in [0.29, 0.717) is 0 Å². The lowest BCUT2D eigenvalue weighted by atomic mass is 10.1. The van der Waals surface area contributed by atoms with Crippen LogP contribution in [0, 0.1) is 0 Å². The second-order valence-corrected chi connectivity index (χ2v) is 4.69. The van der Waals surface area contributed by atoms with Crippen LogP contribution in [0.5, 0.6) is 0 Å². The van der Waals surface area contributed by atoms with E-state index in [2.05, 4.69) is 24.4 Å². The van der Waals surface area contributed by atoms with E-state index in [9.17, 15) is 4.79 Å². The molecule has 0 saturated heterocycles. The van der Waals surface area contributed by atoms with Gasteiger partial charge in [-0.25, -0.2) is 0 Å². The first-order valence-electron chi connectivity index (χ1n) is 6.85. The molecule has 0 fully saturated rings. The Morgan fingerprint density at radius 1 is 1.05 bits per heavy atom. The van der Waals surface area contributed by atoms with Gasteiger partial charge in [-0.1, -0.05) is 37.3 Å². The second kappa shape index (κ2) is 6.75. The summed E-state index contributed by atoms with van der Waals surface area (Å²) in [6.45, 7) is 2.41. The fourth-order valence-electron chi connectivity index (χ4n) is 1.95. The zero-order valence-electron chi connectivity index (χ0n) is 12.0. The van der Waals surface area contributed by atoms with E-state index < -0.39 is 0 Å². The number of carbonyl (C=O) groups excluding carboxylic acids is 1. The summed E-state index contributed by atoms with van der Waals surface area (Å²) >= 11 is 0. The van der Waals surface area contributed by atoms with Crippen LogP contribution in [0.4, 0.5) is 11.4 Å². The van der Waals surface area contributed by atoms with Gasteiger partial charge >= 0.3 is 0 Å². The lowest BCUT2D eigenvalue weighted by Crippen LogP contribution is -2.32. The monoisotopic (exact) mass is 268 g/mol. The fourth-order valence-corrected chi connectivity index (χ4v) is 1.95. The number of hydrogen-bond acceptors (Lipinski definition) is 2. The molecular formula is C17H20N2O. The van der Waals surface area contributed by atoms with Crippen molar-refractivity contribution >= 4 is 17.3 Å². The third kappa shape index (κ3) is 3.60. The molecule has 104 valence electrons. The summed E-state index contributed by atoms with van der Waals surface area (Å²) in [5.74, 6) is 0.0399. The van der Waals surface area contributed by atoms with Gasteiger partial charge in [0.2, 0.25) is 5.91 Å². The minimum atomic E-state index is 0.0399. The lowest BCUT2D eigenvalue weighted by Gasteiger charge is -2.18. The molecule has 0 radical (unpaired) electrons. The highest BCUT2D eigenvalue weighted by atomic mass is 16.2. The Bertz CT molecular complexity index is 549. The van der Waals surface area contributed by atoms with E-state index in [1.807, 2.05) is 42.5 Å². The molecule has 0 aliphatic carbocycles. The Labute approximate surface area is 120 Å². The number of aryl methyl sites for hydroxylation is 1. The van der Waals surface area contributed by atoms with E-state index >= 15 is 0 Å². The predicted molar refractivity (Wildman–Crippen MR) is 84.2 cm³/mol. The van der Waals surface area contributed by atoms with Gasteiger partial charge in [0.15, 0.2) is 0 Å². The van der Waals surface area contributed by atoms with Gasteiger partial charge in [0, 0.05) is 18.4 Å². The number of benzene rings is 2. The Morgan fingerprint density at radius 2 is 1.70 bits per heavy atom. The van der Waals surface area contributed by atoms with Crippen molar-refractivity contribution < 1.29 is 4.79 Å². The van der Waals surface area contributed by atoms with Crippen molar-refractivity contribution in [1.29, 1.82) is 0 Å². The topological polar surface area (TPSA) is 32.3 Å². The predicted octanol–water partition coefficient (Wildman–Crippen LogP) is 3.32. The molecule has 0 atom stereocenters. The summed E-state index contributed by atoms with van der Waals surface area (Å²) in [6.07, 6.45) is 1.01. The normalized spacial score (nSPS) is 10.1. The molecule has 2 aromatic carbocycles. The van der Waals surface area contributed by atoms with Gasteiger partial charge in [-0.15, -0.1) is 0 Å². The Kier molecular flexibility index (Phi) is 4.77. The highest BCUT2D eigenvalue weighted by Gasteiger charge is 2.10. The summed E-state index contributed by atoms with van der Waals surface area (Å²) in [4.78, 5) is 13.8. The van der Waals surface area contributed by atoms with E-state index in [4.69, 9.17) is 0 Å². The third-order valence-electron chi connectivity index (χ3n) is 3.32. The van der Waals surface area contributed by atoms with Crippen molar-refractivity contribution in [3.05, 3.63) is 60.2 Å². The minimum Gasteiger partial charge on any atom is -0.376 e. The van der Waals surface area contributed by atoms with Crippen LogP contribution in [0.25, 0.3) is 0 Å². The van der Waals surface area contributed by atoms with Gasteiger partial charge < -0.3 is 10.2 Å². The molecule has 0 aliphatic heterocycles. The van der Waals surface area contributed by atoms with Crippen molar-refractivity contribution in [2.45, 2.75) is 13.3 Å². The molecule has 3 heteroatoms. The van der Waals surface area contributed by atoms with Crippen LogP contribution in [0.2, 0.25) is 0 Å². The van der Waals surface area contributed by atoms with Crippen molar-refractivity contribution in [3.8, 4) is 0 Å². The summed E-state index contributed by atoms with van der Waals surface area (Å²) in [7, 11) is 1.80. The smallest absolute Gasteiger partial charge is 0.246 e. The molecule has 0 bridgehead atoms. The number of nitrogens with zero attached hydrogens (tertiary/aromatic N) is 1. The molecule has 2 aromatic rings. The van der Waals surface area contributed by atoms with Gasteiger partial charge in [-0.05, 0) is 36.2 Å². The average Bonchev–Trinajstić information content (AvgIpc) is 2.53. The van der Waals surface area contributed by atoms with Gasteiger partial charge in [-0.3, -0.25) is 4.79 Å². The van der Waals surface area contributed by atoms with Crippen LogP contribution >= 0.6 is 0 Å². The van der Waals surface area contributed by atoms with Crippen molar-refractivity contribution in [2.75, 3.05) is 23.8 Å². The quantitative estimate of drug-likeness (QED) is 0.902. The molecule has 0 heterocycles. The summed E-state index contributed by atoms with van der Waals surface area (Å²) in [6, 6.07) is 17.8. The largest absolute Gasteiger partial charge is 0.376 e. The molecule has 0 unspecified atom stereocenters. The fraction of sp³-hybridized carbons (Fsp3) is 0.235. The first-order chi connectivity index (χ1) is 9.70. The Hall–Kier alpha value is -2.29. The number of amides is 1. The van der Waals surface area contributed by atoms with Crippen LogP contribution in [-0.2, 0) is 11.2 Å². The summed E-state index contributed by atoms with van der Waals surface area (Å²) in [5.41, 5.74) is 3.15. The molecule has 1 N–H and O–H groups in total. The average molecular weight is 268 g/mol. The Balaban J connectivity index is 1.94. The number of anilines is 2. The van der Waals surface area contributed by atoms with Gasteiger partial charge in [0.25, 0.3) is 0 Å². The molecule has 0 spiro atoms. The standard InChI is InChI=1S/C17H20N2O/c1-3-14-9-11-16(12-10-14)19(2)17(20)13-18-15-7-5-4-6-8-15/h4-12,18H,3,13H2,1-2H3. The van der Waals surface area contributed by atoms with Crippen molar-refractivity contribution in [2.24, 2.45) is 0 Å². The number of para-hydroxylation sites is 1. The second-order valence-electron chi connectivity index (χ2n) is 4.69. The summed E-state index contributed by atoms with van der Waals surface area (Å²) < 4.78 is 0. The maximum atomic E-state index is 12.1. The molecular weight excluding hydrogens is 248 g/mol. The molecule has 0 saturated carbocycles. The van der Waals surface area contributed by atoms with Crippen LogP contribution in [0.15, 0.2) is 54.6 Å². The number of nitrogens with one attached hydrogen (secondary N) is 1. The molecule has 20 heavy (non-hydrogen) atoms. The van der Waals surface area contributed by atoms with Gasteiger partial charge in [0.1, 0.15) is 0 Å². The third-order valence-corrected chi connectivity index (χ3v) is 3.32. The zero-order valence-corrected chi connectivity index (χ0v) is 12.0. The van der Waals surface area contributed by atoms with Crippen LogP contribution in [-0.4, -0.2) is 19.5 Å². The van der Waals surface area contributed by atoms with Gasteiger partial charge in [0.05, 0.1) is 6.54 Å². The number of carbonyl (C=O) groups is 1. The van der Waals surface area contributed by atoms with Crippen LogP contribution in [0.3, 0.4) is 0 Å². The minimum absolute atomic E-state index is 0.0399. The SMILES string of the molecule is CCc1ccc(N(C)C(=O)CNc2ccccc2)cc1. The first kappa shape index (κ1) is 14.1. The maximum Gasteiger partial charge on any atom is 0.246 e. The number of rotatable bonds is 5. The van der Waals surface area contributed by atoms with Crippen molar-refractivity contribution in [3.63, 3.8) is 0 Å². The number of hydrogen-bond donors (Lipinski definition) is 1. The van der Waals surface area contributed by atoms with Crippen molar-refractivity contribution in [1.82, 2.24) is 0 Å². The zero-order chi connectivity index (χ0) is 14.4. The van der Waals surface area contributed by atoms with E-state index in [1.165, 1.54) is 5.56 Å². The van der Waals surface area contributed by atoms with E-state index in [-0.39, 0.29) is 12.5 Å². The molecule has 1 amide bonds. The highest BCUT2D eigenvalue weighted by molar-refractivity contribution is 5.95. The van der Waals surface area contributed by atoms with Crippen LogP contribution in [0.1, 0.15) is 12.5 Å². The lowest BCUT2D eigenvalue weighted by molar-refractivity contribution is -0.116. The molecule has 3 nitrogen and oxygen atoms in total. The van der Waals surface area contributed by atoms with Gasteiger partial charge in [-0.2, -0.15) is 0 Å². The summed E-state index contributed by atoms with van der Waals surface area (Å²) in [5, 5.41) is 3.13. The van der Waals surface area contributed by atoms with E-state index in [0.717, 1.165) is 17.8 Å². The van der Waals surface area contributed by atoms with E-state index in [1.54, 1.807) is 11.9 Å². The molecule has 2 rings (SSSR count). The highest BCUT2D eigenvalue weighted by Crippen LogP contribution is 2.14. The molecule has 0 aliphatic rings. The Morgan fingerprint density at radius 3 is 2.30 bits per heavy atom. The maximum absolute atomic E-state index is 12.1. The number of likely N-dealkylation sites (N-methyl/N-ethyl adjacent to an activating group) is 1. The first-order valence-corrected chi connectivity index (χ1v) is 6.85.